The Morgan fingerprint density at radius 3 is 2.36 bits per heavy atom. The van der Waals surface area contributed by atoms with Crippen LogP contribution in [0.25, 0.3) is 11.1 Å². The molecule has 2 aromatic carbocycles. The van der Waals surface area contributed by atoms with E-state index in [1.165, 1.54) is 0 Å². The fraction of sp³-hybridized carbons (Fsp3) is 0.385. The molecule has 0 unspecified atom stereocenters. The van der Waals surface area contributed by atoms with Crippen molar-refractivity contribution in [2.24, 2.45) is 0 Å². The van der Waals surface area contributed by atoms with Crippen molar-refractivity contribution in [3.05, 3.63) is 71.9 Å². The second-order valence-electron chi connectivity index (χ2n) is 8.01. The Balaban J connectivity index is 0.00000193. The molecule has 0 amide bonds. The average Bonchev–Trinajstić information content (AvgIpc) is 2.83. The molecule has 1 fully saturated rings. The molecule has 0 spiro atoms. The summed E-state index contributed by atoms with van der Waals surface area (Å²) in [7, 11) is 0. The minimum atomic E-state index is 0. The topological polar surface area (TPSA) is 56.3 Å². The molecular formula is C26H33Cl2N3O2. The third-order valence-corrected chi connectivity index (χ3v) is 5.60. The van der Waals surface area contributed by atoms with Crippen molar-refractivity contribution < 1.29 is 9.47 Å². The fourth-order valence-corrected chi connectivity index (χ4v) is 3.79. The quantitative estimate of drug-likeness (QED) is 0.396. The van der Waals surface area contributed by atoms with E-state index in [9.17, 15) is 0 Å². The highest BCUT2D eigenvalue weighted by Crippen LogP contribution is 2.29. The molecule has 0 radical (unpaired) electrons. The summed E-state index contributed by atoms with van der Waals surface area (Å²) in [6, 6.07) is 20.5. The van der Waals surface area contributed by atoms with E-state index in [4.69, 9.17) is 9.47 Å². The third kappa shape index (κ3) is 7.88. The van der Waals surface area contributed by atoms with Crippen LogP contribution >= 0.6 is 24.8 Å². The number of ether oxygens (including phenoxy) is 2. The summed E-state index contributed by atoms with van der Waals surface area (Å²) in [5, 5.41) is 12.3. The Labute approximate surface area is 209 Å². The summed E-state index contributed by atoms with van der Waals surface area (Å²) >= 11 is 0. The first-order valence-electron chi connectivity index (χ1n) is 11.3. The van der Waals surface area contributed by atoms with Crippen molar-refractivity contribution in [1.29, 1.82) is 0 Å². The van der Waals surface area contributed by atoms with Gasteiger partial charge in [0.05, 0.1) is 5.69 Å². The monoisotopic (exact) mass is 489 g/mol. The van der Waals surface area contributed by atoms with E-state index in [2.05, 4.69) is 52.8 Å². The highest BCUT2D eigenvalue weighted by atomic mass is 35.5. The number of aryl methyl sites for hydroxylation is 1. The molecule has 0 saturated carbocycles. The van der Waals surface area contributed by atoms with Crippen LogP contribution in [0.2, 0.25) is 0 Å². The van der Waals surface area contributed by atoms with E-state index in [1.54, 1.807) is 0 Å². The molecule has 33 heavy (non-hydrogen) atoms. The van der Waals surface area contributed by atoms with Gasteiger partial charge in [-0.25, -0.2) is 0 Å². The predicted octanol–water partition coefficient (Wildman–Crippen LogP) is 6.04. The van der Waals surface area contributed by atoms with Gasteiger partial charge < -0.3 is 14.8 Å². The van der Waals surface area contributed by atoms with Gasteiger partial charge in [0.25, 0.3) is 0 Å². The van der Waals surface area contributed by atoms with E-state index in [0.29, 0.717) is 12.5 Å². The SMILES string of the molecule is CCCCc1nnc(OC2CCNCC2)cc1-c1ccc(OCc2ccccc2)cc1.Cl.Cl. The van der Waals surface area contributed by atoms with E-state index >= 15 is 0 Å². The molecule has 7 heteroatoms. The maximum Gasteiger partial charge on any atom is 0.234 e. The summed E-state index contributed by atoms with van der Waals surface area (Å²) in [5.74, 6) is 1.47. The molecule has 1 aliphatic heterocycles. The van der Waals surface area contributed by atoms with Crippen molar-refractivity contribution in [3.8, 4) is 22.8 Å². The molecule has 0 atom stereocenters. The van der Waals surface area contributed by atoms with Crippen LogP contribution < -0.4 is 14.8 Å². The van der Waals surface area contributed by atoms with Gasteiger partial charge in [-0.1, -0.05) is 55.8 Å². The van der Waals surface area contributed by atoms with Crippen LogP contribution in [0, 0.1) is 0 Å². The molecule has 2 heterocycles. The standard InChI is InChI=1S/C26H31N3O2.2ClH/c1-2-3-9-25-24(18-26(29-28-25)31-23-14-16-27-17-15-23)21-10-12-22(13-11-21)30-19-20-7-5-4-6-8-20;;/h4-8,10-13,18,23,27H,2-3,9,14-17,19H2,1H3;2*1H. The molecule has 1 saturated heterocycles. The number of aromatic nitrogens is 2. The van der Waals surface area contributed by atoms with Crippen LogP contribution in [0.4, 0.5) is 0 Å². The first-order chi connectivity index (χ1) is 15.3. The third-order valence-electron chi connectivity index (χ3n) is 5.60. The smallest absolute Gasteiger partial charge is 0.234 e. The average molecular weight is 490 g/mol. The maximum absolute atomic E-state index is 6.15. The van der Waals surface area contributed by atoms with Crippen LogP contribution in [-0.2, 0) is 13.0 Å². The molecule has 0 bridgehead atoms. The summed E-state index contributed by atoms with van der Waals surface area (Å²) in [5.41, 5.74) is 4.40. The number of rotatable bonds is 9. The lowest BCUT2D eigenvalue weighted by atomic mass is 10.0. The Kier molecular flexibility index (Phi) is 11.4. The van der Waals surface area contributed by atoms with Crippen LogP contribution in [-0.4, -0.2) is 29.4 Å². The zero-order valence-corrected chi connectivity index (χ0v) is 20.7. The lowest BCUT2D eigenvalue weighted by Crippen LogP contribution is -2.34. The van der Waals surface area contributed by atoms with Crippen LogP contribution in [0.5, 0.6) is 11.6 Å². The Morgan fingerprint density at radius 2 is 1.67 bits per heavy atom. The predicted molar refractivity (Wildman–Crippen MR) is 138 cm³/mol. The fourth-order valence-electron chi connectivity index (χ4n) is 3.79. The summed E-state index contributed by atoms with van der Waals surface area (Å²) < 4.78 is 12.1. The maximum atomic E-state index is 6.15. The summed E-state index contributed by atoms with van der Waals surface area (Å²) in [4.78, 5) is 0. The van der Waals surface area contributed by atoms with Gasteiger partial charge in [-0.3, -0.25) is 0 Å². The van der Waals surface area contributed by atoms with Gasteiger partial charge in [-0.15, -0.1) is 29.9 Å². The van der Waals surface area contributed by atoms with Crippen molar-refractivity contribution in [1.82, 2.24) is 15.5 Å². The highest BCUT2D eigenvalue weighted by molar-refractivity contribution is 5.85. The van der Waals surface area contributed by atoms with Crippen LogP contribution in [0.1, 0.15) is 43.9 Å². The summed E-state index contributed by atoms with van der Waals surface area (Å²) in [6.07, 6.45) is 5.34. The largest absolute Gasteiger partial charge is 0.489 e. The van der Waals surface area contributed by atoms with E-state index < -0.39 is 0 Å². The number of nitrogens with zero attached hydrogens (tertiary/aromatic N) is 2. The van der Waals surface area contributed by atoms with Gasteiger partial charge in [0.2, 0.25) is 5.88 Å². The zero-order valence-electron chi connectivity index (χ0n) is 19.0. The van der Waals surface area contributed by atoms with Gasteiger partial charge in [-0.05, 0) is 62.0 Å². The van der Waals surface area contributed by atoms with Gasteiger partial charge in [0, 0.05) is 11.6 Å². The zero-order chi connectivity index (χ0) is 21.3. The normalized spacial score (nSPS) is 13.5. The lowest BCUT2D eigenvalue weighted by molar-refractivity contribution is 0.154. The number of hydrogen-bond donors (Lipinski definition) is 1. The molecule has 3 aromatic rings. The van der Waals surface area contributed by atoms with E-state index in [0.717, 1.165) is 73.3 Å². The molecule has 1 aliphatic rings. The lowest BCUT2D eigenvalue weighted by Gasteiger charge is -2.23. The molecule has 4 rings (SSSR count). The van der Waals surface area contributed by atoms with Gasteiger partial charge >= 0.3 is 0 Å². The number of hydrogen-bond acceptors (Lipinski definition) is 5. The molecule has 0 aliphatic carbocycles. The van der Waals surface area contributed by atoms with Crippen molar-refractivity contribution in [2.45, 2.75) is 51.7 Å². The molecule has 1 N–H and O–H groups in total. The number of halogens is 2. The van der Waals surface area contributed by atoms with Gasteiger partial charge in [0.15, 0.2) is 0 Å². The molecular weight excluding hydrogens is 457 g/mol. The molecule has 5 nitrogen and oxygen atoms in total. The van der Waals surface area contributed by atoms with E-state index in [-0.39, 0.29) is 30.9 Å². The number of nitrogens with one attached hydrogen (secondary N) is 1. The number of benzene rings is 2. The van der Waals surface area contributed by atoms with Crippen LogP contribution in [0.15, 0.2) is 60.7 Å². The second kappa shape index (κ2) is 14.0. The summed E-state index contributed by atoms with van der Waals surface area (Å²) in [6.45, 7) is 4.74. The van der Waals surface area contributed by atoms with Gasteiger partial charge in [-0.2, -0.15) is 5.10 Å². The molecule has 1 aromatic heterocycles. The first-order valence-corrected chi connectivity index (χ1v) is 11.3. The van der Waals surface area contributed by atoms with Crippen molar-refractivity contribution in [2.75, 3.05) is 13.1 Å². The second-order valence-corrected chi connectivity index (χ2v) is 8.01. The number of piperidine rings is 1. The Bertz CT molecular complexity index is 950. The Hall–Kier alpha value is -2.34. The molecule has 178 valence electrons. The van der Waals surface area contributed by atoms with Crippen LogP contribution in [0.3, 0.4) is 0 Å². The Morgan fingerprint density at radius 1 is 0.939 bits per heavy atom. The van der Waals surface area contributed by atoms with Crippen molar-refractivity contribution >= 4 is 24.8 Å². The van der Waals surface area contributed by atoms with E-state index in [1.807, 2.05) is 30.3 Å². The van der Waals surface area contributed by atoms with Crippen molar-refractivity contribution in [3.63, 3.8) is 0 Å². The first kappa shape index (κ1) is 26.9. The minimum absolute atomic E-state index is 0. The minimum Gasteiger partial charge on any atom is -0.489 e. The van der Waals surface area contributed by atoms with Gasteiger partial charge in [0.1, 0.15) is 18.5 Å². The highest BCUT2D eigenvalue weighted by Gasteiger charge is 2.17. The number of unbranched alkanes of at least 4 members (excludes halogenated alkanes) is 1.